The van der Waals surface area contributed by atoms with Crippen LogP contribution in [0, 0.1) is 40.4 Å². The Kier molecular flexibility index (Phi) is 6.93. The monoisotopic (exact) mass is 525 g/mol. The summed E-state index contributed by atoms with van der Waals surface area (Å²) >= 11 is 0. The van der Waals surface area contributed by atoms with E-state index in [9.17, 15) is 9.59 Å². The van der Waals surface area contributed by atoms with E-state index in [0.29, 0.717) is 17.3 Å². The molecule has 38 heavy (non-hydrogen) atoms. The predicted octanol–water partition coefficient (Wildman–Crippen LogP) is 5.66. The SMILES string of the molecule is CC(=O)O[C@H]1CC[C@@]2(C)C(=CC[C@H]3[C@@H]4CC[C@H]([C@H](C)[C@H]5CC(N6CCOCC6)=CC(=O)O5)[C@@]4(C)CC[C@@H]32)C1. The molecule has 2 aliphatic heterocycles. The molecule has 0 aromatic rings. The lowest BCUT2D eigenvalue weighted by molar-refractivity contribution is -0.151. The Bertz CT molecular complexity index is 1010. The summed E-state index contributed by atoms with van der Waals surface area (Å²) in [5.41, 5.74) is 3.26. The van der Waals surface area contributed by atoms with Gasteiger partial charge in [-0.1, -0.05) is 32.4 Å². The third-order valence-electron chi connectivity index (χ3n) is 12.1. The standard InChI is InChI=1S/C32H47NO5/c1-20(29-18-23(19-30(35)38-29)33-13-15-36-16-14-33)26-7-8-27-25-6-5-22-17-24(37-21(2)34)9-11-31(22,3)28(25)10-12-32(26,27)4/h5,19-20,24-29H,6-18H2,1-4H3/t20-,24-,25-,26+,27-,28-,29+,31-,32+/m0/s1. The molecule has 210 valence electrons. The summed E-state index contributed by atoms with van der Waals surface area (Å²) in [6.07, 6.45) is 14.5. The van der Waals surface area contributed by atoms with Gasteiger partial charge in [-0.15, -0.1) is 0 Å². The molecule has 6 heteroatoms. The van der Waals surface area contributed by atoms with Crippen LogP contribution in [0.2, 0.25) is 0 Å². The van der Waals surface area contributed by atoms with Crippen LogP contribution in [0.1, 0.15) is 85.5 Å². The average Bonchev–Trinajstić information content (AvgIpc) is 3.25. The summed E-state index contributed by atoms with van der Waals surface area (Å²) in [7, 11) is 0. The molecule has 0 aromatic heterocycles. The lowest BCUT2D eigenvalue weighted by Crippen LogP contribution is -2.51. The van der Waals surface area contributed by atoms with E-state index in [0.717, 1.165) is 75.4 Å². The van der Waals surface area contributed by atoms with E-state index in [1.807, 2.05) is 0 Å². The lowest BCUT2D eigenvalue weighted by atomic mass is 9.47. The highest BCUT2D eigenvalue weighted by Crippen LogP contribution is 2.67. The molecule has 2 heterocycles. The summed E-state index contributed by atoms with van der Waals surface area (Å²) < 4.78 is 17.2. The minimum Gasteiger partial charge on any atom is -0.462 e. The Morgan fingerprint density at radius 3 is 2.63 bits per heavy atom. The zero-order chi connectivity index (χ0) is 26.7. The van der Waals surface area contributed by atoms with Crippen LogP contribution in [0.5, 0.6) is 0 Å². The van der Waals surface area contributed by atoms with Crippen LogP contribution >= 0.6 is 0 Å². The van der Waals surface area contributed by atoms with Crippen LogP contribution in [0.3, 0.4) is 0 Å². The molecule has 1 saturated heterocycles. The molecule has 3 saturated carbocycles. The number of rotatable bonds is 4. The normalized spacial score (nSPS) is 43.6. The van der Waals surface area contributed by atoms with Crippen molar-refractivity contribution >= 4 is 11.9 Å². The van der Waals surface area contributed by atoms with Crippen molar-refractivity contribution in [2.75, 3.05) is 26.3 Å². The summed E-state index contributed by atoms with van der Waals surface area (Å²) in [4.78, 5) is 26.6. The molecule has 9 atom stereocenters. The molecule has 0 amide bonds. The zero-order valence-corrected chi connectivity index (χ0v) is 23.9. The van der Waals surface area contributed by atoms with E-state index in [1.54, 1.807) is 11.6 Å². The Balaban J connectivity index is 1.17. The lowest BCUT2D eigenvalue weighted by Gasteiger charge is -2.58. The number of fused-ring (bicyclic) bond motifs is 5. The number of morpholine rings is 1. The number of hydrogen-bond donors (Lipinski definition) is 0. The van der Waals surface area contributed by atoms with Crippen molar-refractivity contribution in [3.8, 4) is 0 Å². The highest BCUT2D eigenvalue weighted by atomic mass is 16.5. The summed E-state index contributed by atoms with van der Waals surface area (Å²) in [5.74, 6) is 2.85. The molecule has 6 aliphatic rings. The predicted molar refractivity (Wildman–Crippen MR) is 145 cm³/mol. The molecule has 6 nitrogen and oxygen atoms in total. The smallest absolute Gasteiger partial charge is 0.332 e. The Hall–Kier alpha value is -1.82. The molecule has 0 aromatic carbocycles. The second-order valence-corrected chi connectivity index (χ2v) is 13.7. The van der Waals surface area contributed by atoms with E-state index < -0.39 is 0 Å². The van der Waals surface area contributed by atoms with Gasteiger partial charge < -0.3 is 19.1 Å². The molecular weight excluding hydrogens is 478 g/mol. The fourth-order valence-electron chi connectivity index (χ4n) is 10.1. The minimum absolute atomic E-state index is 0.0319. The third kappa shape index (κ3) is 4.43. The molecule has 0 N–H and O–H groups in total. The Morgan fingerprint density at radius 1 is 1.08 bits per heavy atom. The summed E-state index contributed by atoms with van der Waals surface area (Å²) in [6, 6.07) is 0. The second-order valence-electron chi connectivity index (χ2n) is 13.7. The quantitative estimate of drug-likeness (QED) is 0.348. The molecule has 0 radical (unpaired) electrons. The maximum atomic E-state index is 12.7. The van der Waals surface area contributed by atoms with Crippen LogP contribution in [0.25, 0.3) is 0 Å². The number of carbonyl (C=O) groups excluding carboxylic acids is 2. The van der Waals surface area contributed by atoms with Gasteiger partial charge in [0.15, 0.2) is 0 Å². The van der Waals surface area contributed by atoms with Crippen molar-refractivity contribution in [2.24, 2.45) is 40.4 Å². The average molecular weight is 526 g/mol. The zero-order valence-electron chi connectivity index (χ0n) is 23.9. The molecule has 4 fully saturated rings. The van der Waals surface area contributed by atoms with Crippen molar-refractivity contribution in [3.05, 3.63) is 23.4 Å². The van der Waals surface area contributed by atoms with Gasteiger partial charge in [0.1, 0.15) is 12.2 Å². The highest BCUT2D eigenvalue weighted by Gasteiger charge is 2.60. The van der Waals surface area contributed by atoms with Gasteiger partial charge in [0.2, 0.25) is 0 Å². The van der Waals surface area contributed by atoms with Crippen LogP contribution in [0.4, 0.5) is 0 Å². The fraction of sp³-hybridized carbons (Fsp3) is 0.812. The molecule has 0 unspecified atom stereocenters. The Morgan fingerprint density at radius 2 is 1.87 bits per heavy atom. The second kappa shape index (κ2) is 9.98. The first-order chi connectivity index (χ1) is 18.2. The number of allylic oxidation sites excluding steroid dienone is 1. The van der Waals surface area contributed by atoms with Crippen molar-refractivity contribution in [2.45, 2.75) is 97.7 Å². The van der Waals surface area contributed by atoms with Crippen LogP contribution in [0.15, 0.2) is 23.4 Å². The first kappa shape index (κ1) is 26.4. The van der Waals surface area contributed by atoms with Crippen LogP contribution in [-0.4, -0.2) is 55.3 Å². The highest BCUT2D eigenvalue weighted by molar-refractivity contribution is 5.83. The van der Waals surface area contributed by atoms with Crippen molar-refractivity contribution < 1.29 is 23.8 Å². The first-order valence-corrected chi connectivity index (χ1v) is 15.3. The number of cyclic esters (lactones) is 1. The maximum Gasteiger partial charge on any atom is 0.332 e. The largest absolute Gasteiger partial charge is 0.462 e. The summed E-state index contributed by atoms with van der Waals surface area (Å²) in [5, 5.41) is 0. The number of carbonyl (C=O) groups is 2. The van der Waals surface area contributed by atoms with E-state index in [-0.39, 0.29) is 29.6 Å². The van der Waals surface area contributed by atoms with Gasteiger partial charge in [-0.2, -0.15) is 0 Å². The molecule has 4 aliphatic carbocycles. The molecule has 6 rings (SSSR count). The van der Waals surface area contributed by atoms with Gasteiger partial charge >= 0.3 is 11.9 Å². The van der Waals surface area contributed by atoms with Crippen molar-refractivity contribution in [1.82, 2.24) is 4.90 Å². The fourth-order valence-corrected chi connectivity index (χ4v) is 10.1. The van der Waals surface area contributed by atoms with E-state index in [2.05, 4.69) is 31.7 Å². The van der Waals surface area contributed by atoms with Crippen molar-refractivity contribution in [3.63, 3.8) is 0 Å². The van der Waals surface area contributed by atoms with Gasteiger partial charge in [-0.3, -0.25) is 4.79 Å². The van der Waals surface area contributed by atoms with Crippen molar-refractivity contribution in [1.29, 1.82) is 0 Å². The van der Waals surface area contributed by atoms with Crippen LogP contribution in [-0.2, 0) is 23.8 Å². The van der Waals surface area contributed by atoms with Crippen LogP contribution < -0.4 is 0 Å². The maximum absolute atomic E-state index is 12.7. The van der Waals surface area contributed by atoms with E-state index in [1.165, 1.54) is 39.0 Å². The van der Waals surface area contributed by atoms with Gasteiger partial charge in [-0.25, -0.2) is 4.79 Å². The third-order valence-corrected chi connectivity index (χ3v) is 12.1. The first-order valence-electron chi connectivity index (χ1n) is 15.3. The topological polar surface area (TPSA) is 65.1 Å². The number of hydrogen-bond acceptors (Lipinski definition) is 6. The van der Waals surface area contributed by atoms with E-state index >= 15 is 0 Å². The number of ether oxygens (including phenoxy) is 3. The number of nitrogens with zero attached hydrogens (tertiary/aromatic N) is 1. The van der Waals surface area contributed by atoms with Gasteiger partial charge in [0, 0.05) is 44.6 Å². The van der Waals surface area contributed by atoms with Gasteiger partial charge in [0.05, 0.1) is 13.2 Å². The molecule has 0 bridgehead atoms. The Labute approximate surface area is 228 Å². The van der Waals surface area contributed by atoms with Gasteiger partial charge in [-0.05, 0) is 85.4 Å². The number of esters is 2. The minimum atomic E-state index is -0.166. The van der Waals surface area contributed by atoms with Gasteiger partial charge in [0.25, 0.3) is 0 Å². The summed E-state index contributed by atoms with van der Waals surface area (Å²) in [6.45, 7) is 12.2. The molecule has 0 spiro atoms. The molecular formula is C32H47NO5. The van der Waals surface area contributed by atoms with E-state index in [4.69, 9.17) is 14.2 Å².